The van der Waals surface area contributed by atoms with E-state index in [9.17, 15) is 0 Å². The van der Waals surface area contributed by atoms with Crippen molar-refractivity contribution in [3.8, 4) is 0 Å². The van der Waals surface area contributed by atoms with Crippen molar-refractivity contribution < 1.29 is 4.74 Å². The van der Waals surface area contributed by atoms with Gasteiger partial charge in [-0.1, -0.05) is 19.1 Å². The normalized spacial score (nSPS) is 21.1. The van der Waals surface area contributed by atoms with Gasteiger partial charge in [-0.2, -0.15) is 0 Å². The predicted octanol–water partition coefficient (Wildman–Crippen LogP) is 3.49. The van der Waals surface area contributed by atoms with Gasteiger partial charge in [-0.25, -0.2) is 0 Å². The molecule has 18 heavy (non-hydrogen) atoms. The molecule has 2 nitrogen and oxygen atoms in total. The molecular formula is C15H23NOS. The van der Waals surface area contributed by atoms with Crippen molar-refractivity contribution in [2.75, 3.05) is 25.5 Å². The van der Waals surface area contributed by atoms with Crippen molar-refractivity contribution in [3.05, 3.63) is 29.8 Å². The van der Waals surface area contributed by atoms with Crippen molar-refractivity contribution in [1.82, 2.24) is 5.32 Å². The van der Waals surface area contributed by atoms with E-state index in [1.807, 2.05) is 11.8 Å². The quantitative estimate of drug-likeness (QED) is 0.796. The van der Waals surface area contributed by atoms with E-state index >= 15 is 0 Å². The van der Waals surface area contributed by atoms with Gasteiger partial charge in [0.1, 0.15) is 0 Å². The molecule has 1 aromatic rings. The first-order valence-corrected chi connectivity index (χ1v) is 7.82. The lowest BCUT2D eigenvalue weighted by atomic mass is 10.1. The maximum atomic E-state index is 5.40. The topological polar surface area (TPSA) is 21.3 Å². The smallest absolute Gasteiger partial charge is 0.0503 e. The van der Waals surface area contributed by atoms with Crippen LogP contribution in [0.5, 0.6) is 0 Å². The number of ether oxygens (including phenoxy) is 1. The molecule has 0 bridgehead atoms. The van der Waals surface area contributed by atoms with Crippen molar-refractivity contribution in [1.29, 1.82) is 0 Å². The zero-order valence-electron chi connectivity index (χ0n) is 11.3. The Morgan fingerprint density at radius 1 is 1.39 bits per heavy atom. The van der Waals surface area contributed by atoms with Crippen LogP contribution in [0.25, 0.3) is 0 Å². The Labute approximate surface area is 114 Å². The lowest BCUT2D eigenvalue weighted by Gasteiger charge is -2.13. The van der Waals surface area contributed by atoms with Gasteiger partial charge in [0.25, 0.3) is 0 Å². The maximum Gasteiger partial charge on any atom is 0.0503 e. The number of benzene rings is 1. The number of rotatable bonds is 6. The van der Waals surface area contributed by atoms with E-state index in [4.69, 9.17) is 4.74 Å². The van der Waals surface area contributed by atoms with Crippen molar-refractivity contribution in [3.63, 3.8) is 0 Å². The third-order valence-electron chi connectivity index (χ3n) is 3.40. The van der Waals surface area contributed by atoms with Crippen molar-refractivity contribution >= 4 is 11.8 Å². The lowest BCUT2D eigenvalue weighted by Crippen LogP contribution is -2.17. The average molecular weight is 265 g/mol. The average Bonchev–Trinajstić information content (AvgIpc) is 2.90. The van der Waals surface area contributed by atoms with Gasteiger partial charge >= 0.3 is 0 Å². The zero-order chi connectivity index (χ0) is 12.8. The van der Waals surface area contributed by atoms with E-state index < -0.39 is 0 Å². The van der Waals surface area contributed by atoms with E-state index in [1.165, 1.54) is 22.6 Å². The van der Waals surface area contributed by atoms with Crippen LogP contribution in [0.3, 0.4) is 0 Å². The Morgan fingerprint density at radius 2 is 2.17 bits per heavy atom. The third-order valence-corrected chi connectivity index (χ3v) is 4.64. The number of hydrogen-bond donors (Lipinski definition) is 1. The third kappa shape index (κ3) is 4.01. The summed E-state index contributed by atoms with van der Waals surface area (Å²) in [5.41, 5.74) is 1.37. The van der Waals surface area contributed by atoms with Crippen molar-refractivity contribution in [2.24, 2.45) is 5.92 Å². The second-order valence-corrected chi connectivity index (χ2v) is 5.98. The zero-order valence-corrected chi connectivity index (χ0v) is 12.1. The van der Waals surface area contributed by atoms with Gasteiger partial charge in [-0.3, -0.25) is 0 Å². The van der Waals surface area contributed by atoms with Gasteiger partial charge in [0, 0.05) is 23.3 Å². The molecule has 0 aromatic heterocycles. The number of nitrogens with one attached hydrogen (secondary N) is 1. The fourth-order valence-corrected chi connectivity index (χ4v) is 3.23. The van der Waals surface area contributed by atoms with Gasteiger partial charge in [-0.15, -0.1) is 11.8 Å². The molecule has 3 heteroatoms. The molecule has 1 heterocycles. The first kappa shape index (κ1) is 13.9. The standard InChI is InChI=1S/C15H23NOS/c1-3-16-12(2)14-4-6-15(7-5-14)18-11-13-8-9-17-10-13/h4-7,12-13,16H,3,8-11H2,1-2H3. The summed E-state index contributed by atoms with van der Waals surface area (Å²) < 4.78 is 5.40. The Balaban J connectivity index is 1.83. The molecule has 100 valence electrons. The molecule has 1 saturated heterocycles. The van der Waals surface area contributed by atoms with Crippen LogP contribution >= 0.6 is 11.8 Å². The minimum atomic E-state index is 0.442. The molecule has 2 atom stereocenters. The Morgan fingerprint density at radius 3 is 2.78 bits per heavy atom. The van der Waals surface area contributed by atoms with Crippen LogP contribution in [0, 0.1) is 5.92 Å². The molecule has 1 fully saturated rings. The first-order chi connectivity index (χ1) is 8.79. The number of thioether (sulfide) groups is 1. The molecule has 0 radical (unpaired) electrons. The summed E-state index contributed by atoms with van der Waals surface area (Å²) >= 11 is 1.95. The summed E-state index contributed by atoms with van der Waals surface area (Å²) in [5.74, 6) is 1.93. The van der Waals surface area contributed by atoms with Crippen molar-refractivity contribution in [2.45, 2.75) is 31.2 Å². The summed E-state index contributed by atoms with van der Waals surface area (Å²) in [6.07, 6.45) is 1.22. The summed E-state index contributed by atoms with van der Waals surface area (Å²) in [5, 5.41) is 3.43. The minimum Gasteiger partial charge on any atom is -0.381 e. The molecule has 1 aliphatic rings. The van der Waals surface area contributed by atoms with E-state index in [1.54, 1.807) is 0 Å². The molecule has 2 unspecified atom stereocenters. The van der Waals surface area contributed by atoms with Crippen LogP contribution in [0.2, 0.25) is 0 Å². The van der Waals surface area contributed by atoms with Gasteiger partial charge in [0.05, 0.1) is 6.61 Å². The van der Waals surface area contributed by atoms with E-state index in [-0.39, 0.29) is 0 Å². The summed E-state index contributed by atoms with van der Waals surface area (Å²) in [4.78, 5) is 1.37. The Kier molecular flexibility index (Phi) is 5.54. The summed E-state index contributed by atoms with van der Waals surface area (Å²) in [6.45, 7) is 7.26. The molecule has 0 aliphatic carbocycles. The van der Waals surface area contributed by atoms with E-state index in [0.717, 1.165) is 25.7 Å². The second kappa shape index (κ2) is 7.17. The molecule has 1 N–H and O–H groups in total. The first-order valence-electron chi connectivity index (χ1n) is 6.83. The highest BCUT2D eigenvalue weighted by Gasteiger charge is 2.15. The highest BCUT2D eigenvalue weighted by atomic mass is 32.2. The molecule has 0 amide bonds. The fraction of sp³-hybridized carbons (Fsp3) is 0.600. The van der Waals surface area contributed by atoms with Crippen LogP contribution in [0.1, 0.15) is 31.9 Å². The largest absolute Gasteiger partial charge is 0.381 e. The number of hydrogen-bond acceptors (Lipinski definition) is 3. The fourth-order valence-electron chi connectivity index (χ4n) is 2.21. The SMILES string of the molecule is CCNC(C)c1ccc(SCC2CCOC2)cc1. The van der Waals surface area contributed by atoms with Gasteiger partial charge in [-0.05, 0) is 43.5 Å². The van der Waals surface area contributed by atoms with Gasteiger partial charge in [0.2, 0.25) is 0 Å². The summed E-state index contributed by atoms with van der Waals surface area (Å²) in [7, 11) is 0. The molecule has 2 rings (SSSR count). The highest BCUT2D eigenvalue weighted by Crippen LogP contribution is 2.26. The monoisotopic (exact) mass is 265 g/mol. The van der Waals surface area contributed by atoms with E-state index in [2.05, 4.69) is 43.4 Å². The van der Waals surface area contributed by atoms with Gasteiger partial charge < -0.3 is 10.1 Å². The van der Waals surface area contributed by atoms with Gasteiger partial charge in [0.15, 0.2) is 0 Å². The van der Waals surface area contributed by atoms with E-state index in [0.29, 0.717) is 6.04 Å². The highest BCUT2D eigenvalue weighted by molar-refractivity contribution is 7.99. The lowest BCUT2D eigenvalue weighted by molar-refractivity contribution is 0.189. The van der Waals surface area contributed by atoms with Crippen LogP contribution in [-0.4, -0.2) is 25.5 Å². The second-order valence-electron chi connectivity index (χ2n) is 4.89. The van der Waals surface area contributed by atoms with Crippen LogP contribution in [0.4, 0.5) is 0 Å². The summed E-state index contributed by atoms with van der Waals surface area (Å²) in [6, 6.07) is 9.40. The molecule has 1 aromatic carbocycles. The molecular weight excluding hydrogens is 242 g/mol. The Hall–Kier alpha value is -0.510. The maximum absolute atomic E-state index is 5.40. The molecule has 0 saturated carbocycles. The molecule has 0 spiro atoms. The minimum absolute atomic E-state index is 0.442. The Bertz CT molecular complexity index is 346. The molecule has 1 aliphatic heterocycles. The predicted molar refractivity (Wildman–Crippen MR) is 78.2 cm³/mol. The van der Waals surface area contributed by atoms with Crippen LogP contribution in [0.15, 0.2) is 29.2 Å². The van der Waals surface area contributed by atoms with Crippen LogP contribution < -0.4 is 5.32 Å². The van der Waals surface area contributed by atoms with Crippen LogP contribution in [-0.2, 0) is 4.74 Å².